The predicted molar refractivity (Wildman–Crippen MR) is 60.6 cm³/mol. The zero-order valence-corrected chi connectivity index (χ0v) is 10.4. The van der Waals surface area contributed by atoms with Crippen LogP contribution in [0.1, 0.15) is 49.4 Å². The van der Waals surface area contributed by atoms with Gasteiger partial charge in [0.05, 0.1) is 16.8 Å². The first-order valence-corrected chi connectivity index (χ1v) is 5.75. The second kappa shape index (κ2) is 3.99. The Hall–Kier alpha value is -0.410. The normalized spacial score (nSPS) is 14.4. The van der Waals surface area contributed by atoms with Crippen molar-refractivity contribution in [2.45, 2.75) is 47.1 Å². The maximum Gasteiger partial charge on any atom is 0.0943 e. The van der Waals surface area contributed by atoms with Gasteiger partial charge in [-0.25, -0.2) is 4.98 Å². The van der Waals surface area contributed by atoms with Crippen molar-refractivity contribution in [1.82, 2.24) is 4.98 Å². The Bertz CT molecular complexity index is 310. The van der Waals surface area contributed by atoms with Crippen LogP contribution < -0.4 is 0 Å². The van der Waals surface area contributed by atoms with Crippen molar-refractivity contribution in [1.29, 1.82) is 0 Å². The van der Waals surface area contributed by atoms with E-state index in [1.54, 1.807) is 18.3 Å². The first kappa shape index (κ1) is 11.7. The summed E-state index contributed by atoms with van der Waals surface area (Å²) >= 11 is 1.70. The van der Waals surface area contributed by atoms with Crippen LogP contribution in [0.5, 0.6) is 0 Å². The fourth-order valence-corrected chi connectivity index (χ4v) is 2.71. The van der Waals surface area contributed by atoms with Gasteiger partial charge in [0.2, 0.25) is 0 Å². The standard InChI is InChI=1S/C11H19NOS/c1-7(13)10-8(2)14-9(12-10)6-11(3,4)5/h7,13H,6H2,1-5H3. The van der Waals surface area contributed by atoms with Crippen LogP contribution in [-0.4, -0.2) is 10.1 Å². The van der Waals surface area contributed by atoms with Crippen molar-refractivity contribution in [2.75, 3.05) is 0 Å². The molecule has 0 saturated carbocycles. The van der Waals surface area contributed by atoms with Gasteiger partial charge < -0.3 is 5.11 Å². The van der Waals surface area contributed by atoms with Gasteiger partial charge >= 0.3 is 0 Å². The molecule has 1 aromatic heterocycles. The fourth-order valence-electron chi connectivity index (χ4n) is 1.38. The van der Waals surface area contributed by atoms with Crippen molar-refractivity contribution >= 4 is 11.3 Å². The smallest absolute Gasteiger partial charge is 0.0943 e. The third-order valence-electron chi connectivity index (χ3n) is 1.95. The Balaban J connectivity index is 2.86. The van der Waals surface area contributed by atoms with Crippen LogP contribution in [0, 0.1) is 12.3 Å². The van der Waals surface area contributed by atoms with Gasteiger partial charge in [-0.05, 0) is 19.3 Å². The fraction of sp³-hybridized carbons (Fsp3) is 0.727. The lowest BCUT2D eigenvalue weighted by atomic mass is 9.93. The van der Waals surface area contributed by atoms with E-state index in [9.17, 15) is 5.11 Å². The van der Waals surface area contributed by atoms with Crippen LogP contribution in [0.4, 0.5) is 0 Å². The molecule has 80 valence electrons. The molecule has 2 nitrogen and oxygen atoms in total. The van der Waals surface area contributed by atoms with Gasteiger partial charge in [0, 0.05) is 11.3 Å². The number of aryl methyl sites for hydroxylation is 1. The van der Waals surface area contributed by atoms with E-state index < -0.39 is 6.10 Å². The van der Waals surface area contributed by atoms with Crippen LogP contribution in [0.15, 0.2) is 0 Å². The quantitative estimate of drug-likeness (QED) is 0.819. The Morgan fingerprint density at radius 1 is 1.43 bits per heavy atom. The molecule has 1 heterocycles. The van der Waals surface area contributed by atoms with Gasteiger partial charge in [-0.1, -0.05) is 20.8 Å². The Kier molecular flexibility index (Phi) is 3.32. The minimum atomic E-state index is -0.444. The second-order valence-corrected chi connectivity index (χ2v) is 6.25. The van der Waals surface area contributed by atoms with Crippen molar-refractivity contribution in [2.24, 2.45) is 5.41 Å². The molecule has 0 aliphatic rings. The largest absolute Gasteiger partial charge is 0.387 e. The van der Waals surface area contributed by atoms with Crippen LogP contribution >= 0.6 is 11.3 Å². The van der Waals surface area contributed by atoms with Crippen LogP contribution in [0.3, 0.4) is 0 Å². The number of thiazole rings is 1. The highest BCUT2D eigenvalue weighted by Gasteiger charge is 2.17. The number of aliphatic hydroxyl groups is 1. The lowest BCUT2D eigenvalue weighted by Crippen LogP contribution is -2.09. The average Bonchev–Trinajstić information content (AvgIpc) is 2.26. The molecule has 0 fully saturated rings. The molecule has 0 radical (unpaired) electrons. The lowest BCUT2D eigenvalue weighted by Gasteiger charge is -2.15. The Morgan fingerprint density at radius 3 is 2.36 bits per heavy atom. The highest BCUT2D eigenvalue weighted by molar-refractivity contribution is 7.11. The first-order chi connectivity index (χ1) is 6.29. The van der Waals surface area contributed by atoms with Gasteiger partial charge in [0.15, 0.2) is 0 Å². The molecular weight excluding hydrogens is 194 g/mol. The Morgan fingerprint density at radius 2 is 2.00 bits per heavy atom. The van der Waals surface area contributed by atoms with E-state index >= 15 is 0 Å². The van der Waals surface area contributed by atoms with E-state index in [2.05, 4.69) is 25.8 Å². The van der Waals surface area contributed by atoms with Crippen molar-refractivity contribution in [3.05, 3.63) is 15.6 Å². The van der Waals surface area contributed by atoms with Crippen molar-refractivity contribution in [3.8, 4) is 0 Å². The van der Waals surface area contributed by atoms with E-state index in [-0.39, 0.29) is 5.41 Å². The molecule has 0 aliphatic carbocycles. The highest BCUT2D eigenvalue weighted by Crippen LogP contribution is 2.28. The summed E-state index contributed by atoms with van der Waals surface area (Å²) in [6.07, 6.45) is 0.533. The van der Waals surface area contributed by atoms with Crippen LogP contribution in [0.25, 0.3) is 0 Å². The van der Waals surface area contributed by atoms with E-state index in [0.29, 0.717) is 0 Å². The van der Waals surface area contributed by atoms with Gasteiger partial charge in [-0.2, -0.15) is 0 Å². The van der Waals surface area contributed by atoms with E-state index in [1.807, 2.05) is 6.92 Å². The van der Waals surface area contributed by atoms with Gasteiger partial charge in [-0.15, -0.1) is 11.3 Å². The molecule has 14 heavy (non-hydrogen) atoms. The summed E-state index contributed by atoms with van der Waals surface area (Å²) in [7, 11) is 0. The summed E-state index contributed by atoms with van der Waals surface area (Å²) in [5, 5.41) is 10.6. The minimum absolute atomic E-state index is 0.264. The lowest BCUT2D eigenvalue weighted by molar-refractivity contribution is 0.194. The number of aliphatic hydroxyl groups excluding tert-OH is 1. The van der Waals surface area contributed by atoms with Gasteiger partial charge in [0.1, 0.15) is 0 Å². The maximum absolute atomic E-state index is 9.46. The molecule has 0 spiro atoms. The SMILES string of the molecule is Cc1sc(CC(C)(C)C)nc1C(C)O. The summed E-state index contributed by atoms with van der Waals surface area (Å²) in [6, 6.07) is 0. The zero-order chi connectivity index (χ0) is 10.9. The Labute approximate surface area is 90.0 Å². The van der Waals surface area contributed by atoms with E-state index in [0.717, 1.165) is 22.0 Å². The summed E-state index contributed by atoms with van der Waals surface area (Å²) < 4.78 is 0. The molecule has 1 unspecified atom stereocenters. The number of hydrogen-bond donors (Lipinski definition) is 1. The molecule has 0 bridgehead atoms. The third-order valence-corrected chi connectivity index (χ3v) is 2.94. The molecule has 1 atom stereocenters. The molecule has 0 aliphatic heterocycles. The molecule has 1 aromatic rings. The summed E-state index contributed by atoms with van der Waals surface area (Å²) in [5.74, 6) is 0. The number of aromatic nitrogens is 1. The molecule has 0 aromatic carbocycles. The number of hydrogen-bond acceptors (Lipinski definition) is 3. The van der Waals surface area contributed by atoms with Crippen molar-refractivity contribution < 1.29 is 5.11 Å². The van der Waals surface area contributed by atoms with Crippen LogP contribution in [-0.2, 0) is 6.42 Å². The summed E-state index contributed by atoms with van der Waals surface area (Å²) in [6.45, 7) is 10.4. The molecule has 0 amide bonds. The van der Waals surface area contributed by atoms with Gasteiger partial charge in [0.25, 0.3) is 0 Å². The third kappa shape index (κ3) is 3.07. The first-order valence-electron chi connectivity index (χ1n) is 4.94. The topological polar surface area (TPSA) is 33.1 Å². The van der Waals surface area contributed by atoms with Crippen molar-refractivity contribution in [3.63, 3.8) is 0 Å². The second-order valence-electron chi connectivity index (χ2n) is 4.96. The van der Waals surface area contributed by atoms with E-state index in [1.165, 1.54) is 0 Å². The molecule has 1 N–H and O–H groups in total. The summed E-state index contributed by atoms with van der Waals surface area (Å²) in [5.41, 5.74) is 1.11. The summed E-state index contributed by atoms with van der Waals surface area (Å²) in [4.78, 5) is 5.60. The minimum Gasteiger partial charge on any atom is -0.387 e. The van der Waals surface area contributed by atoms with Gasteiger partial charge in [-0.3, -0.25) is 0 Å². The van der Waals surface area contributed by atoms with Crippen LogP contribution in [0.2, 0.25) is 0 Å². The monoisotopic (exact) mass is 213 g/mol. The molecular formula is C11H19NOS. The van der Waals surface area contributed by atoms with E-state index in [4.69, 9.17) is 0 Å². The molecule has 1 rings (SSSR count). The zero-order valence-electron chi connectivity index (χ0n) is 9.59. The number of rotatable bonds is 2. The average molecular weight is 213 g/mol. The highest BCUT2D eigenvalue weighted by atomic mass is 32.1. The molecule has 0 saturated heterocycles. The maximum atomic E-state index is 9.46. The predicted octanol–water partition coefficient (Wildman–Crippen LogP) is 3.09. The molecule has 3 heteroatoms. The number of nitrogens with zero attached hydrogens (tertiary/aromatic N) is 1.